The lowest BCUT2D eigenvalue weighted by molar-refractivity contribution is -0.126. The quantitative estimate of drug-likeness (QED) is 0.772. The van der Waals surface area contributed by atoms with Crippen LogP contribution in [0.25, 0.3) is 0 Å². The zero-order valence-electron chi connectivity index (χ0n) is 13.4. The Labute approximate surface area is 136 Å². The van der Waals surface area contributed by atoms with E-state index < -0.39 is 5.97 Å². The average Bonchev–Trinajstić information content (AvgIpc) is 3.42. The van der Waals surface area contributed by atoms with Crippen LogP contribution in [0.2, 0.25) is 0 Å². The normalized spacial score (nSPS) is 17.1. The van der Waals surface area contributed by atoms with Crippen molar-refractivity contribution in [2.24, 2.45) is 17.8 Å². The first-order valence-electron chi connectivity index (χ1n) is 8.28. The monoisotopic (exact) mass is 317 g/mol. The third kappa shape index (κ3) is 3.84. The summed E-state index contributed by atoms with van der Waals surface area (Å²) in [5, 5.41) is 12.1. The van der Waals surface area contributed by atoms with Gasteiger partial charge in [0.2, 0.25) is 5.91 Å². The Balaban J connectivity index is 1.55. The summed E-state index contributed by atoms with van der Waals surface area (Å²) in [4.78, 5) is 23.4. The highest BCUT2D eigenvalue weighted by Gasteiger charge is 2.45. The van der Waals surface area contributed by atoms with Crippen molar-refractivity contribution in [2.75, 3.05) is 13.7 Å². The molecule has 0 spiro atoms. The summed E-state index contributed by atoms with van der Waals surface area (Å²) >= 11 is 0. The van der Waals surface area contributed by atoms with Gasteiger partial charge < -0.3 is 15.2 Å². The summed E-state index contributed by atoms with van der Waals surface area (Å²) < 4.78 is 5.26. The SMILES string of the molecule is COc1cc(C(=O)O)ccc1CCNC(=O)C(C1CC1)C1CC1. The molecule has 5 heteroatoms. The molecule has 0 bridgehead atoms. The minimum atomic E-state index is -0.972. The molecule has 2 fully saturated rings. The van der Waals surface area contributed by atoms with Gasteiger partial charge in [0.1, 0.15) is 5.75 Å². The van der Waals surface area contributed by atoms with Crippen LogP contribution in [-0.2, 0) is 11.2 Å². The summed E-state index contributed by atoms with van der Waals surface area (Å²) in [5.41, 5.74) is 1.12. The van der Waals surface area contributed by atoms with Crippen molar-refractivity contribution in [3.63, 3.8) is 0 Å². The van der Waals surface area contributed by atoms with Crippen molar-refractivity contribution in [3.8, 4) is 5.75 Å². The van der Waals surface area contributed by atoms with Crippen molar-refractivity contribution < 1.29 is 19.4 Å². The number of methoxy groups -OCH3 is 1. The molecule has 0 unspecified atom stereocenters. The third-order valence-electron chi connectivity index (χ3n) is 4.79. The summed E-state index contributed by atoms with van der Waals surface area (Å²) in [6.45, 7) is 0.553. The van der Waals surface area contributed by atoms with Gasteiger partial charge in [-0.3, -0.25) is 4.79 Å². The number of ether oxygens (including phenoxy) is 1. The number of rotatable bonds is 8. The number of amides is 1. The van der Waals surface area contributed by atoms with E-state index in [4.69, 9.17) is 9.84 Å². The van der Waals surface area contributed by atoms with Gasteiger partial charge in [-0.05, 0) is 61.6 Å². The highest BCUT2D eigenvalue weighted by Crippen LogP contribution is 2.49. The molecule has 2 aliphatic rings. The third-order valence-corrected chi connectivity index (χ3v) is 4.79. The summed E-state index contributed by atoms with van der Waals surface area (Å²) in [6.07, 6.45) is 5.41. The maximum Gasteiger partial charge on any atom is 0.335 e. The Morgan fingerprint density at radius 2 is 1.91 bits per heavy atom. The van der Waals surface area contributed by atoms with Gasteiger partial charge in [0.15, 0.2) is 0 Å². The molecular formula is C18H23NO4. The number of benzene rings is 1. The van der Waals surface area contributed by atoms with E-state index in [0.717, 1.165) is 5.56 Å². The van der Waals surface area contributed by atoms with Gasteiger partial charge in [-0.2, -0.15) is 0 Å². The molecule has 0 saturated heterocycles. The van der Waals surface area contributed by atoms with E-state index in [2.05, 4.69) is 5.32 Å². The van der Waals surface area contributed by atoms with E-state index in [1.54, 1.807) is 12.1 Å². The van der Waals surface area contributed by atoms with Crippen molar-refractivity contribution in [1.29, 1.82) is 0 Å². The first-order chi connectivity index (χ1) is 11.1. The molecule has 2 aliphatic carbocycles. The van der Waals surface area contributed by atoms with Gasteiger partial charge in [-0.1, -0.05) is 6.07 Å². The number of carboxylic acid groups (broad SMARTS) is 1. The minimum absolute atomic E-state index is 0.191. The van der Waals surface area contributed by atoms with E-state index in [0.29, 0.717) is 30.6 Å². The number of carboxylic acids is 1. The second-order valence-corrected chi connectivity index (χ2v) is 6.57. The number of carbonyl (C=O) groups is 2. The zero-order chi connectivity index (χ0) is 16.4. The molecule has 2 N–H and O–H groups in total. The van der Waals surface area contributed by atoms with Gasteiger partial charge in [-0.25, -0.2) is 4.79 Å². The number of carbonyl (C=O) groups excluding carboxylic acids is 1. The van der Waals surface area contributed by atoms with Crippen LogP contribution in [0.3, 0.4) is 0 Å². The molecule has 3 rings (SSSR count). The van der Waals surface area contributed by atoms with E-state index in [1.165, 1.54) is 38.9 Å². The Bertz CT molecular complexity index is 593. The van der Waals surface area contributed by atoms with Crippen molar-refractivity contribution in [3.05, 3.63) is 29.3 Å². The van der Waals surface area contributed by atoms with Crippen LogP contribution in [-0.4, -0.2) is 30.6 Å². The Morgan fingerprint density at radius 1 is 1.26 bits per heavy atom. The van der Waals surface area contributed by atoms with Gasteiger partial charge in [0, 0.05) is 12.5 Å². The van der Waals surface area contributed by atoms with Crippen LogP contribution in [0.4, 0.5) is 0 Å². The van der Waals surface area contributed by atoms with Crippen LogP contribution >= 0.6 is 0 Å². The first-order valence-corrected chi connectivity index (χ1v) is 8.28. The lowest BCUT2D eigenvalue weighted by Crippen LogP contribution is -2.34. The molecular weight excluding hydrogens is 294 g/mol. The smallest absolute Gasteiger partial charge is 0.335 e. The molecule has 1 amide bonds. The minimum Gasteiger partial charge on any atom is -0.496 e. The second-order valence-electron chi connectivity index (χ2n) is 6.57. The average molecular weight is 317 g/mol. The Kier molecular flexibility index (Phi) is 4.55. The van der Waals surface area contributed by atoms with E-state index in [9.17, 15) is 9.59 Å². The molecule has 5 nitrogen and oxygen atoms in total. The molecule has 23 heavy (non-hydrogen) atoms. The largest absolute Gasteiger partial charge is 0.496 e. The maximum atomic E-state index is 12.4. The topological polar surface area (TPSA) is 75.6 Å². The van der Waals surface area contributed by atoms with Crippen molar-refractivity contribution in [1.82, 2.24) is 5.32 Å². The van der Waals surface area contributed by atoms with Crippen LogP contribution < -0.4 is 10.1 Å². The van der Waals surface area contributed by atoms with Crippen LogP contribution in [0.5, 0.6) is 5.75 Å². The molecule has 0 aliphatic heterocycles. The molecule has 0 radical (unpaired) electrons. The van der Waals surface area contributed by atoms with Crippen molar-refractivity contribution >= 4 is 11.9 Å². The van der Waals surface area contributed by atoms with E-state index in [-0.39, 0.29) is 17.4 Å². The fourth-order valence-corrected chi connectivity index (χ4v) is 3.25. The molecule has 1 aromatic carbocycles. The first kappa shape index (κ1) is 15.8. The maximum absolute atomic E-state index is 12.4. The number of hydrogen-bond acceptors (Lipinski definition) is 3. The van der Waals surface area contributed by atoms with Crippen LogP contribution in [0, 0.1) is 17.8 Å². The highest BCUT2D eigenvalue weighted by atomic mass is 16.5. The molecule has 1 aromatic rings. The van der Waals surface area contributed by atoms with Crippen LogP contribution in [0.15, 0.2) is 18.2 Å². The lowest BCUT2D eigenvalue weighted by atomic mass is 9.97. The fourth-order valence-electron chi connectivity index (χ4n) is 3.25. The lowest BCUT2D eigenvalue weighted by Gasteiger charge is -2.16. The Morgan fingerprint density at radius 3 is 2.43 bits per heavy atom. The zero-order valence-corrected chi connectivity index (χ0v) is 13.4. The highest BCUT2D eigenvalue weighted by molar-refractivity contribution is 5.88. The van der Waals surface area contributed by atoms with Gasteiger partial charge in [0.25, 0.3) is 0 Å². The number of aromatic carboxylic acids is 1. The summed E-state index contributed by atoms with van der Waals surface area (Å²) in [5.74, 6) is 1.20. The van der Waals surface area contributed by atoms with Gasteiger partial charge in [-0.15, -0.1) is 0 Å². The van der Waals surface area contributed by atoms with Gasteiger partial charge >= 0.3 is 5.97 Å². The molecule has 0 atom stereocenters. The second kappa shape index (κ2) is 6.60. The predicted octanol–water partition coefficient (Wildman–Crippen LogP) is 2.49. The van der Waals surface area contributed by atoms with Crippen LogP contribution in [0.1, 0.15) is 41.6 Å². The fraction of sp³-hybridized carbons (Fsp3) is 0.556. The van der Waals surface area contributed by atoms with E-state index >= 15 is 0 Å². The predicted molar refractivity (Wildman–Crippen MR) is 85.6 cm³/mol. The summed E-state index contributed by atoms with van der Waals surface area (Å²) in [7, 11) is 1.53. The number of nitrogens with one attached hydrogen (secondary N) is 1. The molecule has 2 saturated carbocycles. The Hall–Kier alpha value is -2.04. The molecule has 0 aromatic heterocycles. The standard InChI is InChI=1S/C18H23NO4/c1-23-15-10-14(18(21)22)7-2-11(15)8-9-19-17(20)16(12-3-4-12)13-5-6-13/h2,7,10,12-13,16H,3-6,8-9H2,1H3,(H,19,20)(H,21,22). The molecule has 124 valence electrons. The summed E-state index contributed by atoms with van der Waals surface area (Å²) in [6, 6.07) is 4.85. The molecule has 0 heterocycles. The van der Waals surface area contributed by atoms with E-state index in [1.807, 2.05) is 0 Å². The van der Waals surface area contributed by atoms with Gasteiger partial charge in [0.05, 0.1) is 12.7 Å². The number of hydrogen-bond donors (Lipinski definition) is 2. The van der Waals surface area contributed by atoms with Crippen molar-refractivity contribution in [2.45, 2.75) is 32.1 Å².